The van der Waals surface area contributed by atoms with Crippen LogP contribution in [0, 0.1) is 5.82 Å². The monoisotopic (exact) mass is 395 g/mol. The molecule has 0 unspecified atom stereocenters. The number of halogens is 1. The molecule has 0 aliphatic rings. The highest BCUT2D eigenvalue weighted by Gasteiger charge is 2.21. The third-order valence-electron chi connectivity index (χ3n) is 4.65. The van der Waals surface area contributed by atoms with Gasteiger partial charge in [0.25, 0.3) is 5.91 Å². The fraction of sp³-hybridized carbons (Fsp3) is 0.304. The van der Waals surface area contributed by atoms with Crippen LogP contribution in [-0.4, -0.2) is 33.0 Å². The predicted octanol–water partition coefficient (Wildman–Crippen LogP) is 4.68. The van der Waals surface area contributed by atoms with Crippen LogP contribution in [0.15, 0.2) is 55.0 Å². The fourth-order valence-corrected chi connectivity index (χ4v) is 3.17. The van der Waals surface area contributed by atoms with Crippen LogP contribution in [0.25, 0.3) is 11.1 Å². The zero-order valence-corrected chi connectivity index (χ0v) is 17.2. The van der Waals surface area contributed by atoms with E-state index in [2.05, 4.69) is 4.98 Å². The number of hydrogen-bond donors (Lipinski definition) is 0. The maximum Gasteiger partial charge on any atom is 0.274 e. The molecule has 0 bridgehead atoms. The van der Waals surface area contributed by atoms with Gasteiger partial charge in [0, 0.05) is 31.4 Å². The highest BCUT2D eigenvalue weighted by atomic mass is 19.1. The molecule has 29 heavy (non-hydrogen) atoms. The van der Waals surface area contributed by atoms with Crippen LogP contribution < -0.4 is 4.74 Å². The Hall–Kier alpha value is -3.15. The summed E-state index contributed by atoms with van der Waals surface area (Å²) >= 11 is 0. The number of imidazole rings is 1. The standard InChI is InChI=1S/C23H26FN3O2/c1-5-29-19-8-6-7-18(12-19)20-11-17(9-10-21(20)24)13-27(16(2)3)23(28)22-14-26(4)15-25-22/h6-12,14-16H,5,13H2,1-4H3. The second kappa shape index (κ2) is 8.90. The fourth-order valence-electron chi connectivity index (χ4n) is 3.17. The summed E-state index contributed by atoms with van der Waals surface area (Å²) in [5.41, 5.74) is 2.47. The van der Waals surface area contributed by atoms with E-state index < -0.39 is 0 Å². The number of carbonyl (C=O) groups excluding carboxylic acids is 1. The molecule has 0 aliphatic carbocycles. The van der Waals surface area contributed by atoms with Gasteiger partial charge < -0.3 is 14.2 Å². The van der Waals surface area contributed by atoms with Crippen LogP contribution in [0.5, 0.6) is 5.75 Å². The number of amides is 1. The third kappa shape index (κ3) is 4.83. The molecule has 0 radical (unpaired) electrons. The van der Waals surface area contributed by atoms with Crippen molar-refractivity contribution in [3.05, 3.63) is 72.1 Å². The lowest BCUT2D eigenvalue weighted by Gasteiger charge is -2.26. The summed E-state index contributed by atoms with van der Waals surface area (Å²) in [5, 5.41) is 0. The Labute approximate surface area is 170 Å². The molecule has 0 spiro atoms. The topological polar surface area (TPSA) is 47.4 Å². The van der Waals surface area contributed by atoms with E-state index in [1.54, 1.807) is 34.1 Å². The van der Waals surface area contributed by atoms with Gasteiger partial charge in [-0.05, 0) is 56.2 Å². The van der Waals surface area contributed by atoms with Gasteiger partial charge in [-0.15, -0.1) is 0 Å². The lowest BCUT2D eigenvalue weighted by Crippen LogP contribution is -2.36. The molecule has 152 valence electrons. The minimum atomic E-state index is -0.311. The Morgan fingerprint density at radius 1 is 1.24 bits per heavy atom. The number of aryl methyl sites for hydroxylation is 1. The summed E-state index contributed by atoms with van der Waals surface area (Å²) in [6.07, 6.45) is 3.31. The minimum Gasteiger partial charge on any atom is -0.494 e. The summed E-state index contributed by atoms with van der Waals surface area (Å²) in [5.74, 6) is 0.239. The van der Waals surface area contributed by atoms with Crippen molar-refractivity contribution < 1.29 is 13.9 Å². The lowest BCUT2D eigenvalue weighted by molar-refractivity contribution is 0.0684. The number of rotatable bonds is 7. The summed E-state index contributed by atoms with van der Waals surface area (Å²) in [6.45, 7) is 6.73. The Bertz CT molecular complexity index is 997. The van der Waals surface area contributed by atoms with Gasteiger partial charge in [-0.1, -0.05) is 18.2 Å². The van der Waals surface area contributed by atoms with E-state index in [9.17, 15) is 9.18 Å². The largest absolute Gasteiger partial charge is 0.494 e. The smallest absolute Gasteiger partial charge is 0.274 e. The average Bonchev–Trinajstić information content (AvgIpc) is 3.13. The SMILES string of the molecule is CCOc1cccc(-c2cc(CN(C(=O)c3cn(C)cn3)C(C)C)ccc2F)c1. The van der Waals surface area contributed by atoms with Crippen LogP contribution in [0.2, 0.25) is 0 Å². The predicted molar refractivity (Wildman–Crippen MR) is 111 cm³/mol. The summed E-state index contributed by atoms with van der Waals surface area (Å²) in [7, 11) is 1.83. The number of aromatic nitrogens is 2. The Morgan fingerprint density at radius 2 is 2.03 bits per heavy atom. The molecule has 3 aromatic rings. The van der Waals surface area contributed by atoms with E-state index in [1.807, 2.05) is 52.1 Å². The number of ether oxygens (including phenoxy) is 1. The van der Waals surface area contributed by atoms with Gasteiger partial charge in [-0.25, -0.2) is 9.37 Å². The zero-order valence-electron chi connectivity index (χ0n) is 17.2. The van der Waals surface area contributed by atoms with Crippen molar-refractivity contribution in [3.63, 3.8) is 0 Å². The quantitative estimate of drug-likeness (QED) is 0.584. The van der Waals surface area contributed by atoms with Crippen molar-refractivity contribution in [2.45, 2.75) is 33.4 Å². The van der Waals surface area contributed by atoms with Gasteiger partial charge in [-0.3, -0.25) is 4.79 Å². The molecule has 0 atom stereocenters. The number of hydrogen-bond acceptors (Lipinski definition) is 3. The number of carbonyl (C=O) groups is 1. The lowest BCUT2D eigenvalue weighted by atomic mass is 10.0. The zero-order chi connectivity index (χ0) is 21.0. The Balaban J connectivity index is 1.90. The van der Waals surface area contributed by atoms with E-state index in [0.717, 1.165) is 11.1 Å². The maximum atomic E-state index is 14.6. The molecule has 1 heterocycles. The summed E-state index contributed by atoms with van der Waals surface area (Å²) in [4.78, 5) is 18.8. The molecule has 2 aromatic carbocycles. The summed E-state index contributed by atoms with van der Waals surface area (Å²) in [6, 6.07) is 12.3. The van der Waals surface area contributed by atoms with Crippen LogP contribution in [0.4, 0.5) is 4.39 Å². The van der Waals surface area contributed by atoms with Gasteiger partial charge in [0.05, 0.1) is 12.9 Å². The van der Waals surface area contributed by atoms with E-state index in [4.69, 9.17) is 4.74 Å². The number of nitrogens with zero attached hydrogens (tertiary/aromatic N) is 3. The average molecular weight is 395 g/mol. The van der Waals surface area contributed by atoms with Crippen molar-refractivity contribution in [2.75, 3.05) is 6.61 Å². The van der Waals surface area contributed by atoms with E-state index in [-0.39, 0.29) is 17.8 Å². The second-order valence-electron chi connectivity index (χ2n) is 7.23. The van der Waals surface area contributed by atoms with E-state index in [0.29, 0.717) is 30.2 Å². The molecule has 0 N–H and O–H groups in total. The normalized spacial score (nSPS) is 11.0. The first-order valence-corrected chi connectivity index (χ1v) is 9.69. The van der Waals surface area contributed by atoms with Crippen molar-refractivity contribution >= 4 is 5.91 Å². The van der Waals surface area contributed by atoms with Gasteiger partial charge in [0.1, 0.15) is 17.3 Å². The third-order valence-corrected chi connectivity index (χ3v) is 4.65. The van der Waals surface area contributed by atoms with Crippen molar-refractivity contribution in [1.82, 2.24) is 14.5 Å². The van der Waals surface area contributed by atoms with Crippen LogP contribution >= 0.6 is 0 Å². The van der Waals surface area contributed by atoms with Crippen LogP contribution in [0.3, 0.4) is 0 Å². The van der Waals surface area contributed by atoms with Crippen molar-refractivity contribution in [3.8, 4) is 16.9 Å². The van der Waals surface area contributed by atoms with Crippen molar-refractivity contribution in [2.24, 2.45) is 7.05 Å². The molecule has 3 rings (SSSR count). The maximum absolute atomic E-state index is 14.6. The number of benzene rings is 2. The Kier molecular flexibility index (Phi) is 6.32. The molecule has 6 heteroatoms. The van der Waals surface area contributed by atoms with Gasteiger partial charge in [-0.2, -0.15) is 0 Å². The van der Waals surface area contributed by atoms with Gasteiger partial charge in [0.15, 0.2) is 0 Å². The molecule has 0 aliphatic heterocycles. The first-order valence-electron chi connectivity index (χ1n) is 9.69. The Morgan fingerprint density at radius 3 is 2.69 bits per heavy atom. The van der Waals surface area contributed by atoms with E-state index in [1.165, 1.54) is 6.07 Å². The molecule has 5 nitrogen and oxygen atoms in total. The first kappa shape index (κ1) is 20.6. The molecular formula is C23H26FN3O2. The van der Waals surface area contributed by atoms with Gasteiger partial charge in [0.2, 0.25) is 0 Å². The van der Waals surface area contributed by atoms with E-state index >= 15 is 0 Å². The molecule has 0 saturated heterocycles. The first-order chi connectivity index (χ1) is 13.9. The van der Waals surface area contributed by atoms with Gasteiger partial charge >= 0.3 is 0 Å². The highest BCUT2D eigenvalue weighted by Crippen LogP contribution is 2.28. The summed E-state index contributed by atoms with van der Waals surface area (Å²) < 4.78 is 21.8. The van der Waals surface area contributed by atoms with Crippen LogP contribution in [-0.2, 0) is 13.6 Å². The molecular weight excluding hydrogens is 369 g/mol. The molecule has 1 aromatic heterocycles. The van der Waals surface area contributed by atoms with Crippen LogP contribution in [0.1, 0.15) is 36.8 Å². The molecule has 0 fully saturated rings. The minimum absolute atomic E-state index is 0.0284. The second-order valence-corrected chi connectivity index (χ2v) is 7.23. The molecule has 1 amide bonds. The molecule has 0 saturated carbocycles. The highest BCUT2D eigenvalue weighted by molar-refractivity contribution is 5.92. The van der Waals surface area contributed by atoms with Crippen molar-refractivity contribution in [1.29, 1.82) is 0 Å².